The van der Waals surface area contributed by atoms with Crippen LogP contribution in [0.2, 0.25) is 0 Å². The molecule has 0 bridgehead atoms. The first-order valence-electron chi connectivity index (χ1n) is 5.06. The number of allylic oxidation sites excluding steroid dienone is 1. The molecule has 76 valence electrons. The zero-order valence-corrected chi connectivity index (χ0v) is 8.47. The highest BCUT2D eigenvalue weighted by Gasteiger charge is 2.13. The Kier molecular flexibility index (Phi) is 2.98. The van der Waals surface area contributed by atoms with Crippen molar-refractivity contribution in [2.75, 3.05) is 6.54 Å². The van der Waals surface area contributed by atoms with Crippen LogP contribution in [0, 0.1) is 0 Å². The van der Waals surface area contributed by atoms with E-state index in [0.29, 0.717) is 0 Å². The minimum absolute atomic E-state index is 0.806. The molecule has 0 saturated heterocycles. The van der Waals surface area contributed by atoms with Gasteiger partial charge in [-0.1, -0.05) is 36.4 Å². The molecule has 1 aromatic rings. The van der Waals surface area contributed by atoms with Crippen LogP contribution in [0.3, 0.4) is 0 Å². The first-order valence-corrected chi connectivity index (χ1v) is 5.06. The second-order valence-corrected chi connectivity index (χ2v) is 3.42. The van der Waals surface area contributed by atoms with Crippen LogP contribution < -0.4 is 0 Å². The molecule has 2 rings (SSSR count). The summed E-state index contributed by atoms with van der Waals surface area (Å²) in [5.74, 6) is 0. The minimum Gasteiger partial charge on any atom is -0.347 e. The van der Waals surface area contributed by atoms with Crippen LogP contribution in [0.25, 0.3) is 5.70 Å². The quantitative estimate of drug-likeness (QED) is 0.550. The SMILES string of the molecule is O=C/C=C/N1CCC=C1c1ccccc1. The first kappa shape index (κ1) is 9.71. The molecule has 1 aromatic carbocycles. The van der Waals surface area contributed by atoms with E-state index in [1.807, 2.05) is 24.4 Å². The Morgan fingerprint density at radius 1 is 1.20 bits per heavy atom. The van der Waals surface area contributed by atoms with Crippen LogP contribution in [0.1, 0.15) is 12.0 Å². The van der Waals surface area contributed by atoms with Gasteiger partial charge >= 0.3 is 0 Å². The van der Waals surface area contributed by atoms with Crippen molar-refractivity contribution in [1.82, 2.24) is 4.90 Å². The molecular weight excluding hydrogens is 186 g/mol. The first-order chi connectivity index (χ1) is 7.42. The standard InChI is InChI=1S/C13H13NO/c15-11-5-10-14-9-4-8-13(14)12-6-2-1-3-7-12/h1-3,5-8,10-11H,4,9H2/b10-5+. The van der Waals surface area contributed by atoms with Gasteiger partial charge in [-0.2, -0.15) is 0 Å². The maximum absolute atomic E-state index is 10.3. The molecule has 0 saturated carbocycles. The molecule has 0 amide bonds. The maximum atomic E-state index is 10.3. The number of carbonyl (C=O) groups is 1. The van der Waals surface area contributed by atoms with Gasteiger partial charge in [0.15, 0.2) is 0 Å². The van der Waals surface area contributed by atoms with Crippen molar-refractivity contribution in [1.29, 1.82) is 0 Å². The van der Waals surface area contributed by atoms with Crippen molar-refractivity contribution in [2.24, 2.45) is 0 Å². The largest absolute Gasteiger partial charge is 0.347 e. The minimum atomic E-state index is 0.806. The number of hydrogen-bond donors (Lipinski definition) is 0. The zero-order valence-electron chi connectivity index (χ0n) is 8.47. The van der Waals surface area contributed by atoms with E-state index in [4.69, 9.17) is 0 Å². The third kappa shape index (κ3) is 2.15. The van der Waals surface area contributed by atoms with Crippen molar-refractivity contribution in [3.05, 3.63) is 54.2 Å². The second kappa shape index (κ2) is 4.60. The van der Waals surface area contributed by atoms with E-state index in [1.54, 1.807) is 0 Å². The monoisotopic (exact) mass is 199 g/mol. The molecule has 0 aromatic heterocycles. The van der Waals surface area contributed by atoms with Crippen molar-refractivity contribution in [3.63, 3.8) is 0 Å². The van der Waals surface area contributed by atoms with E-state index in [9.17, 15) is 4.79 Å². The van der Waals surface area contributed by atoms with E-state index in [2.05, 4.69) is 23.1 Å². The number of nitrogens with zero attached hydrogens (tertiary/aromatic N) is 1. The molecule has 0 N–H and O–H groups in total. The normalized spacial score (nSPS) is 15.7. The highest BCUT2D eigenvalue weighted by molar-refractivity contribution is 5.69. The van der Waals surface area contributed by atoms with Gasteiger partial charge in [-0.05, 0) is 18.1 Å². The summed E-state index contributed by atoms with van der Waals surface area (Å²) in [5, 5.41) is 0. The van der Waals surface area contributed by atoms with Gasteiger partial charge in [0.2, 0.25) is 0 Å². The summed E-state index contributed by atoms with van der Waals surface area (Å²) in [5.41, 5.74) is 2.39. The van der Waals surface area contributed by atoms with Gasteiger partial charge in [-0.25, -0.2) is 0 Å². The summed E-state index contributed by atoms with van der Waals surface area (Å²) < 4.78 is 0. The number of carbonyl (C=O) groups excluding carboxylic acids is 1. The summed E-state index contributed by atoms with van der Waals surface area (Å²) >= 11 is 0. The van der Waals surface area contributed by atoms with Crippen LogP contribution >= 0.6 is 0 Å². The Morgan fingerprint density at radius 2 is 2.00 bits per heavy atom. The summed E-state index contributed by atoms with van der Waals surface area (Å²) in [6.07, 6.45) is 7.40. The average molecular weight is 199 g/mol. The molecule has 1 aliphatic heterocycles. The summed E-state index contributed by atoms with van der Waals surface area (Å²) in [6, 6.07) is 10.2. The molecule has 0 spiro atoms. The highest BCUT2D eigenvalue weighted by atomic mass is 16.1. The third-order valence-electron chi connectivity index (χ3n) is 2.43. The molecule has 0 aliphatic carbocycles. The van der Waals surface area contributed by atoms with Gasteiger partial charge in [-0.3, -0.25) is 4.79 Å². The van der Waals surface area contributed by atoms with Crippen molar-refractivity contribution in [2.45, 2.75) is 6.42 Å². The van der Waals surface area contributed by atoms with Gasteiger partial charge < -0.3 is 4.90 Å². The lowest BCUT2D eigenvalue weighted by atomic mass is 10.1. The number of benzene rings is 1. The predicted octanol–water partition coefficient (Wildman–Crippen LogP) is 2.45. The summed E-state index contributed by atoms with van der Waals surface area (Å²) in [7, 11) is 0. The van der Waals surface area contributed by atoms with E-state index < -0.39 is 0 Å². The average Bonchev–Trinajstić information content (AvgIpc) is 2.75. The smallest absolute Gasteiger partial charge is 0.144 e. The predicted molar refractivity (Wildman–Crippen MR) is 60.9 cm³/mol. The Morgan fingerprint density at radius 3 is 2.73 bits per heavy atom. The molecule has 1 heterocycles. The lowest BCUT2D eigenvalue weighted by Gasteiger charge is -2.17. The van der Waals surface area contributed by atoms with E-state index in [0.717, 1.165) is 19.3 Å². The molecule has 15 heavy (non-hydrogen) atoms. The van der Waals surface area contributed by atoms with E-state index in [-0.39, 0.29) is 0 Å². The van der Waals surface area contributed by atoms with Crippen LogP contribution in [0.4, 0.5) is 0 Å². The van der Waals surface area contributed by atoms with Crippen LogP contribution in [-0.4, -0.2) is 17.7 Å². The molecular formula is C13H13NO. The Labute approximate surface area is 89.5 Å². The van der Waals surface area contributed by atoms with Gasteiger partial charge in [-0.15, -0.1) is 0 Å². The molecule has 0 unspecified atom stereocenters. The summed E-state index contributed by atoms with van der Waals surface area (Å²) in [6.45, 7) is 0.953. The van der Waals surface area contributed by atoms with Crippen molar-refractivity contribution < 1.29 is 4.79 Å². The molecule has 2 heteroatoms. The van der Waals surface area contributed by atoms with Crippen LogP contribution in [-0.2, 0) is 4.79 Å². The van der Waals surface area contributed by atoms with Crippen molar-refractivity contribution in [3.8, 4) is 0 Å². The van der Waals surface area contributed by atoms with E-state index >= 15 is 0 Å². The van der Waals surface area contributed by atoms with Gasteiger partial charge in [0, 0.05) is 18.4 Å². The van der Waals surface area contributed by atoms with Crippen LogP contribution in [0.5, 0.6) is 0 Å². The molecule has 0 fully saturated rings. The molecule has 2 nitrogen and oxygen atoms in total. The summed E-state index contributed by atoms with van der Waals surface area (Å²) in [4.78, 5) is 12.4. The fraction of sp³-hybridized carbons (Fsp3) is 0.154. The Bertz CT molecular complexity index is 392. The fourth-order valence-electron chi connectivity index (χ4n) is 1.76. The van der Waals surface area contributed by atoms with Gasteiger partial charge in [0.05, 0.1) is 0 Å². The fourth-order valence-corrected chi connectivity index (χ4v) is 1.76. The lowest BCUT2D eigenvalue weighted by molar-refractivity contribution is -0.104. The Balaban J connectivity index is 2.22. The third-order valence-corrected chi connectivity index (χ3v) is 2.43. The molecule has 1 aliphatic rings. The molecule has 0 radical (unpaired) electrons. The van der Waals surface area contributed by atoms with Crippen LogP contribution in [0.15, 0.2) is 48.7 Å². The number of aldehydes is 1. The maximum Gasteiger partial charge on any atom is 0.144 e. The lowest BCUT2D eigenvalue weighted by Crippen LogP contribution is -2.11. The van der Waals surface area contributed by atoms with Crippen molar-refractivity contribution >= 4 is 12.0 Å². The highest BCUT2D eigenvalue weighted by Crippen LogP contribution is 2.25. The van der Waals surface area contributed by atoms with E-state index in [1.165, 1.54) is 17.3 Å². The molecule has 0 atom stereocenters. The van der Waals surface area contributed by atoms with Gasteiger partial charge in [0.25, 0.3) is 0 Å². The zero-order chi connectivity index (χ0) is 10.5. The Hall–Kier alpha value is -1.83. The van der Waals surface area contributed by atoms with Gasteiger partial charge in [0.1, 0.15) is 6.29 Å². The number of hydrogen-bond acceptors (Lipinski definition) is 2. The number of rotatable bonds is 3. The second-order valence-electron chi connectivity index (χ2n) is 3.42. The topological polar surface area (TPSA) is 20.3 Å².